The maximum Gasteiger partial charge on any atom is 0.227 e. The van der Waals surface area contributed by atoms with E-state index in [1.54, 1.807) is 12.4 Å². The predicted octanol–water partition coefficient (Wildman–Crippen LogP) is 2.54. The smallest absolute Gasteiger partial charge is 0.227 e. The van der Waals surface area contributed by atoms with Crippen molar-refractivity contribution in [3.8, 4) is 0 Å². The minimum Gasteiger partial charge on any atom is -0.349 e. The van der Waals surface area contributed by atoms with Crippen molar-refractivity contribution in [2.45, 2.75) is 46.6 Å². The van der Waals surface area contributed by atoms with E-state index in [-0.39, 0.29) is 29.2 Å². The van der Waals surface area contributed by atoms with Crippen LogP contribution in [0.15, 0.2) is 24.5 Å². The van der Waals surface area contributed by atoms with Gasteiger partial charge in [0.15, 0.2) is 0 Å². The van der Waals surface area contributed by atoms with Crippen LogP contribution in [0.5, 0.6) is 0 Å². The van der Waals surface area contributed by atoms with Crippen molar-refractivity contribution in [3.63, 3.8) is 0 Å². The van der Waals surface area contributed by atoms with Gasteiger partial charge in [0.1, 0.15) is 0 Å². The van der Waals surface area contributed by atoms with Crippen LogP contribution in [-0.2, 0) is 9.59 Å². The van der Waals surface area contributed by atoms with Gasteiger partial charge in [0.25, 0.3) is 0 Å². The lowest BCUT2D eigenvalue weighted by molar-refractivity contribution is -0.142. The van der Waals surface area contributed by atoms with E-state index in [4.69, 9.17) is 0 Å². The second kappa shape index (κ2) is 7.11. The first-order valence-electron chi connectivity index (χ1n) is 8.28. The molecule has 1 unspecified atom stereocenters. The van der Waals surface area contributed by atoms with Crippen LogP contribution < -0.4 is 5.32 Å². The average molecular weight is 317 g/mol. The lowest BCUT2D eigenvalue weighted by atomic mass is 9.90. The molecule has 1 saturated heterocycles. The van der Waals surface area contributed by atoms with Gasteiger partial charge in [-0.1, -0.05) is 26.8 Å². The maximum absolute atomic E-state index is 12.4. The van der Waals surface area contributed by atoms with Gasteiger partial charge in [-0.3, -0.25) is 14.6 Å². The number of rotatable bonds is 3. The highest BCUT2D eigenvalue weighted by Gasteiger charge is 2.32. The molecule has 1 atom stereocenters. The van der Waals surface area contributed by atoms with Gasteiger partial charge in [-0.25, -0.2) is 0 Å². The molecule has 0 aliphatic carbocycles. The first-order chi connectivity index (χ1) is 10.8. The number of carbonyl (C=O) groups excluding carboxylic acids is 2. The summed E-state index contributed by atoms with van der Waals surface area (Å²) in [5.74, 6) is 0.224. The normalized spacial score (nSPS) is 17.7. The third kappa shape index (κ3) is 4.53. The van der Waals surface area contributed by atoms with Crippen molar-refractivity contribution < 1.29 is 9.59 Å². The van der Waals surface area contributed by atoms with Crippen molar-refractivity contribution in [1.82, 2.24) is 15.2 Å². The third-order valence-electron chi connectivity index (χ3n) is 4.34. The number of nitrogens with zero attached hydrogens (tertiary/aromatic N) is 2. The van der Waals surface area contributed by atoms with Crippen molar-refractivity contribution in [3.05, 3.63) is 30.1 Å². The summed E-state index contributed by atoms with van der Waals surface area (Å²) in [7, 11) is 0. The maximum atomic E-state index is 12.4. The largest absolute Gasteiger partial charge is 0.349 e. The molecule has 5 heteroatoms. The molecule has 2 amide bonds. The standard InChI is InChI=1S/C18H27N3O2/c1-13(15-6-5-9-19-12-15)20-16(22)14-7-10-21(11-8-14)17(23)18(2,3)4/h5-6,9,12-14H,7-8,10-11H2,1-4H3,(H,20,22). The number of carbonyl (C=O) groups is 2. The van der Waals surface area contributed by atoms with Crippen LogP contribution in [0.4, 0.5) is 0 Å². The van der Waals surface area contributed by atoms with Gasteiger partial charge in [0.2, 0.25) is 11.8 Å². The number of hydrogen-bond donors (Lipinski definition) is 1. The summed E-state index contributed by atoms with van der Waals surface area (Å²) >= 11 is 0. The van der Waals surface area contributed by atoms with Gasteiger partial charge in [-0.2, -0.15) is 0 Å². The molecular weight excluding hydrogens is 290 g/mol. The SMILES string of the molecule is CC(NC(=O)C1CCN(C(=O)C(C)(C)C)CC1)c1cccnc1. The fraction of sp³-hybridized carbons (Fsp3) is 0.611. The average Bonchev–Trinajstić information content (AvgIpc) is 2.54. The molecule has 0 aromatic carbocycles. The Kier molecular flexibility index (Phi) is 5.39. The Morgan fingerprint density at radius 1 is 1.30 bits per heavy atom. The second-order valence-electron chi connectivity index (χ2n) is 7.33. The van der Waals surface area contributed by atoms with Crippen LogP contribution in [0.1, 0.15) is 52.1 Å². The molecule has 2 heterocycles. The highest BCUT2D eigenvalue weighted by atomic mass is 16.2. The van der Waals surface area contributed by atoms with Crippen LogP contribution in [0, 0.1) is 11.3 Å². The fourth-order valence-corrected chi connectivity index (χ4v) is 2.87. The molecule has 23 heavy (non-hydrogen) atoms. The minimum atomic E-state index is -0.357. The number of aromatic nitrogens is 1. The fourth-order valence-electron chi connectivity index (χ4n) is 2.87. The monoisotopic (exact) mass is 317 g/mol. The second-order valence-corrected chi connectivity index (χ2v) is 7.33. The number of piperidine rings is 1. The van der Waals surface area contributed by atoms with E-state index in [0.29, 0.717) is 13.1 Å². The Hall–Kier alpha value is -1.91. The highest BCUT2D eigenvalue weighted by molar-refractivity contribution is 5.82. The molecule has 0 radical (unpaired) electrons. The van der Waals surface area contributed by atoms with Gasteiger partial charge in [-0.05, 0) is 31.4 Å². The number of amides is 2. The molecule has 0 spiro atoms. The van der Waals surface area contributed by atoms with E-state index in [1.165, 1.54) is 0 Å². The van der Waals surface area contributed by atoms with E-state index in [2.05, 4.69) is 10.3 Å². The Balaban J connectivity index is 1.85. The topological polar surface area (TPSA) is 62.3 Å². The van der Waals surface area contributed by atoms with Crippen LogP contribution in [0.2, 0.25) is 0 Å². The highest BCUT2D eigenvalue weighted by Crippen LogP contribution is 2.24. The van der Waals surface area contributed by atoms with Crippen LogP contribution in [0.3, 0.4) is 0 Å². The molecule has 126 valence electrons. The van der Waals surface area contributed by atoms with E-state index in [0.717, 1.165) is 18.4 Å². The minimum absolute atomic E-state index is 0.0156. The molecule has 1 N–H and O–H groups in total. The van der Waals surface area contributed by atoms with Crippen molar-refractivity contribution in [1.29, 1.82) is 0 Å². The zero-order chi connectivity index (χ0) is 17.0. The quantitative estimate of drug-likeness (QED) is 0.932. The summed E-state index contributed by atoms with van der Waals surface area (Å²) in [6.45, 7) is 9.09. The molecule has 1 fully saturated rings. The van der Waals surface area contributed by atoms with Crippen LogP contribution >= 0.6 is 0 Å². The van der Waals surface area contributed by atoms with Crippen molar-refractivity contribution in [2.24, 2.45) is 11.3 Å². The summed E-state index contributed by atoms with van der Waals surface area (Å²) in [4.78, 5) is 30.7. The summed E-state index contributed by atoms with van der Waals surface area (Å²) in [6, 6.07) is 3.78. The molecule has 2 rings (SSSR count). The molecule has 0 saturated carbocycles. The summed E-state index contributed by atoms with van der Waals surface area (Å²) < 4.78 is 0. The zero-order valence-corrected chi connectivity index (χ0v) is 14.5. The van der Waals surface area contributed by atoms with Crippen LogP contribution in [0.25, 0.3) is 0 Å². The molecule has 1 aliphatic rings. The van der Waals surface area contributed by atoms with Gasteiger partial charge >= 0.3 is 0 Å². The van der Waals surface area contributed by atoms with Gasteiger partial charge in [0.05, 0.1) is 6.04 Å². The summed E-state index contributed by atoms with van der Waals surface area (Å²) in [5.41, 5.74) is 0.644. The van der Waals surface area contributed by atoms with Crippen molar-refractivity contribution in [2.75, 3.05) is 13.1 Å². The Bertz CT molecular complexity index is 543. The van der Waals surface area contributed by atoms with E-state index < -0.39 is 0 Å². The molecule has 1 aromatic heterocycles. The Morgan fingerprint density at radius 2 is 1.96 bits per heavy atom. The molecular formula is C18H27N3O2. The summed E-state index contributed by atoms with van der Waals surface area (Å²) in [6.07, 6.45) is 4.95. The predicted molar refractivity (Wildman–Crippen MR) is 89.6 cm³/mol. The van der Waals surface area contributed by atoms with E-state index in [9.17, 15) is 9.59 Å². The number of likely N-dealkylation sites (tertiary alicyclic amines) is 1. The van der Waals surface area contributed by atoms with Crippen LogP contribution in [-0.4, -0.2) is 34.8 Å². The first-order valence-corrected chi connectivity index (χ1v) is 8.28. The lowest BCUT2D eigenvalue weighted by Crippen LogP contribution is -2.46. The van der Waals surface area contributed by atoms with Gasteiger partial charge in [-0.15, -0.1) is 0 Å². The number of pyridine rings is 1. The lowest BCUT2D eigenvalue weighted by Gasteiger charge is -2.35. The van der Waals surface area contributed by atoms with Gasteiger partial charge < -0.3 is 10.2 Å². The zero-order valence-electron chi connectivity index (χ0n) is 14.5. The first kappa shape index (κ1) is 17.4. The van der Waals surface area contributed by atoms with Crippen molar-refractivity contribution >= 4 is 11.8 Å². The molecule has 5 nitrogen and oxygen atoms in total. The molecule has 0 bridgehead atoms. The summed E-state index contributed by atoms with van der Waals surface area (Å²) in [5, 5.41) is 3.06. The number of hydrogen-bond acceptors (Lipinski definition) is 3. The molecule has 1 aromatic rings. The van der Waals surface area contributed by atoms with E-state index in [1.807, 2.05) is 44.7 Å². The van der Waals surface area contributed by atoms with E-state index >= 15 is 0 Å². The Labute approximate surface area is 138 Å². The Morgan fingerprint density at radius 3 is 2.48 bits per heavy atom. The molecule has 1 aliphatic heterocycles. The van der Waals surface area contributed by atoms with Gasteiger partial charge in [0, 0.05) is 36.8 Å². The third-order valence-corrected chi connectivity index (χ3v) is 4.34. The number of nitrogens with one attached hydrogen (secondary N) is 1.